The van der Waals surface area contributed by atoms with Crippen molar-refractivity contribution in [1.29, 1.82) is 0 Å². The Morgan fingerprint density at radius 1 is 1.19 bits per heavy atom. The van der Waals surface area contributed by atoms with Crippen LogP contribution in [-0.4, -0.2) is 19.1 Å². The van der Waals surface area contributed by atoms with E-state index in [0.29, 0.717) is 0 Å². The van der Waals surface area contributed by atoms with E-state index in [1.54, 1.807) is 7.11 Å². The first-order valence-corrected chi connectivity index (χ1v) is 8.93. The van der Waals surface area contributed by atoms with Crippen LogP contribution in [0.4, 0.5) is 5.69 Å². The maximum Gasteiger partial charge on any atom is 0.227 e. The summed E-state index contributed by atoms with van der Waals surface area (Å²) in [5.41, 5.74) is 9.10. The average Bonchev–Trinajstić information content (AvgIpc) is 2.63. The van der Waals surface area contributed by atoms with Crippen molar-refractivity contribution in [2.75, 3.05) is 12.4 Å². The van der Waals surface area contributed by atoms with Crippen LogP contribution < -0.4 is 15.8 Å². The molecule has 0 spiro atoms. The first-order valence-electron chi connectivity index (χ1n) is 8.93. The van der Waals surface area contributed by atoms with Crippen LogP contribution in [0.5, 0.6) is 5.75 Å². The molecule has 2 aromatic carbocycles. The van der Waals surface area contributed by atoms with Gasteiger partial charge in [-0.25, -0.2) is 0 Å². The van der Waals surface area contributed by atoms with Crippen LogP contribution in [0, 0.1) is 5.92 Å². The van der Waals surface area contributed by atoms with Crippen molar-refractivity contribution >= 4 is 24.0 Å². The van der Waals surface area contributed by atoms with Gasteiger partial charge in [0, 0.05) is 29.6 Å². The molecule has 0 heterocycles. The molecule has 1 fully saturated rings. The van der Waals surface area contributed by atoms with Gasteiger partial charge in [-0.2, -0.15) is 0 Å². The highest BCUT2D eigenvalue weighted by Gasteiger charge is 2.25. The molecule has 3 rings (SSSR count). The highest BCUT2D eigenvalue weighted by Crippen LogP contribution is 2.28. The number of methoxy groups -OCH3 is 1. The third-order valence-corrected chi connectivity index (χ3v) is 4.87. The highest BCUT2D eigenvalue weighted by atomic mass is 35.5. The van der Waals surface area contributed by atoms with E-state index in [0.717, 1.165) is 49.1 Å². The van der Waals surface area contributed by atoms with Gasteiger partial charge in [0.05, 0.1) is 7.11 Å². The molecule has 1 amide bonds. The lowest BCUT2D eigenvalue weighted by molar-refractivity contribution is -0.120. The summed E-state index contributed by atoms with van der Waals surface area (Å²) in [6, 6.07) is 16.2. The molecule has 1 aliphatic rings. The van der Waals surface area contributed by atoms with Gasteiger partial charge in [-0.05, 0) is 43.0 Å². The van der Waals surface area contributed by atoms with E-state index in [1.165, 1.54) is 5.56 Å². The average molecular weight is 375 g/mol. The number of nitrogens with one attached hydrogen (secondary N) is 1. The Labute approximate surface area is 161 Å². The third-order valence-electron chi connectivity index (χ3n) is 4.87. The van der Waals surface area contributed by atoms with Gasteiger partial charge in [-0.3, -0.25) is 4.79 Å². The molecule has 0 radical (unpaired) electrons. The topological polar surface area (TPSA) is 64.3 Å². The van der Waals surface area contributed by atoms with Gasteiger partial charge >= 0.3 is 0 Å². The van der Waals surface area contributed by atoms with E-state index in [1.807, 2.05) is 36.4 Å². The fourth-order valence-electron chi connectivity index (χ4n) is 3.52. The molecule has 1 aliphatic carbocycles. The maximum atomic E-state index is 12.5. The van der Waals surface area contributed by atoms with E-state index in [2.05, 4.69) is 17.4 Å². The number of carbonyl (C=O) groups is 1. The molecule has 1 saturated carbocycles. The third kappa shape index (κ3) is 5.23. The predicted molar refractivity (Wildman–Crippen MR) is 108 cm³/mol. The van der Waals surface area contributed by atoms with Crippen LogP contribution >= 0.6 is 12.4 Å². The van der Waals surface area contributed by atoms with E-state index >= 15 is 0 Å². The van der Waals surface area contributed by atoms with Crippen LogP contribution in [-0.2, 0) is 11.2 Å². The second-order valence-electron chi connectivity index (χ2n) is 6.80. The van der Waals surface area contributed by atoms with E-state index in [-0.39, 0.29) is 30.3 Å². The van der Waals surface area contributed by atoms with Crippen molar-refractivity contribution in [1.82, 2.24) is 0 Å². The zero-order valence-corrected chi connectivity index (χ0v) is 15.9. The fourth-order valence-corrected chi connectivity index (χ4v) is 3.52. The van der Waals surface area contributed by atoms with Crippen LogP contribution in [0.2, 0.25) is 0 Å². The smallest absolute Gasteiger partial charge is 0.227 e. The summed E-state index contributed by atoms with van der Waals surface area (Å²) in [5, 5.41) is 3.06. The monoisotopic (exact) mass is 374 g/mol. The summed E-state index contributed by atoms with van der Waals surface area (Å²) in [5.74, 6) is 0.927. The van der Waals surface area contributed by atoms with Crippen molar-refractivity contribution in [3.05, 3.63) is 59.7 Å². The quantitative estimate of drug-likeness (QED) is 0.825. The SMILES string of the molecule is COc1ccc(NC(=O)C2CCCC(N)C2)cc1Cc1ccccc1.Cl. The van der Waals surface area contributed by atoms with Crippen molar-refractivity contribution in [3.8, 4) is 5.75 Å². The van der Waals surface area contributed by atoms with Gasteiger partial charge in [0.2, 0.25) is 5.91 Å². The minimum atomic E-state index is 0. The van der Waals surface area contributed by atoms with Crippen LogP contribution in [0.15, 0.2) is 48.5 Å². The van der Waals surface area contributed by atoms with Crippen molar-refractivity contribution in [2.45, 2.75) is 38.1 Å². The molecule has 2 unspecified atom stereocenters. The molecule has 26 heavy (non-hydrogen) atoms. The molecule has 0 aromatic heterocycles. The van der Waals surface area contributed by atoms with Crippen LogP contribution in [0.1, 0.15) is 36.8 Å². The molecule has 3 N–H and O–H groups in total. The minimum absolute atomic E-state index is 0. The first-order chi connectivity index (χ1) is 12.2. The second kappa shape index (κ2) is 9.60. The summed E-state index contributed by atoms with van der Waals surface area (Å²) in [6.07, 6.45) is 4.52. The number of anilines is 1. The molecule has 0 aliphatic heterocycles. The van der Waals surface area contributed by atoms with Gasteiger partial charge in [0.1, 0.15) is 5.75 Å². The number of benzene rings is 2. The van der Waals surface area contributed by atoms with Crippen LogP contribution in [0.25, 0.3) is 0 Å². The molecule has 0 saturated heterocycles. The Morgan fingerprint density at radius 2 is 1.96 bits per heavy atom. The lowest BCUT2D eigenvalue weighted by Gasteiger charge is -2.25. The summed E-state index contributed by atoms with van der Waals surface area (Å²) in [7, 11) is 1.67. The van der Waals surface area contributed by atoms with E-state index in [9.17, 15) is 4.79 Å². The van der Waals surface area contributed by atoms with Crippen molar-refractivity contribution in [3.63, 3.8) is 0 Å². The lowest BCUT2D eigenvalue weighted by atomic mass is 9.85. The summed E-state index contributed by atoms with van der Waals surface area (Å²) < 4.78 is 5.48. The van der Waals surface area contributed by atoms with E-state index in [4.69, 9.17) is 10.5 Å². The maximum absolute atomic E-state index is 12.5. The largest absolute Gasteiger partial charge is 0.496 e. The number of nitrogens with two attached hydrogens (primary N) is 1. The molecule has 0 bridgehead atoms. The summed E-state index contributed by atoms with van der Waals surface area (Å²) >= 11 is 0. The Bertz CT molecular complexity index is 721. The number of carbonyl (C=O) groups excluding carboxylic acids is 1. The first kappa shape index (κ1) is 20.3. The number of hydrogen-bond donors (Lipinski definition) is 2. The number of amides is 1. The molecule has 2 aromatic rings. The van der Waals surface area contributed by atoms with Gasteiger partial charge in [-0.1, -0.05) is 36.8 Å². The van der Waals surface area contributed by atoms with Crippen LogP contribution in [0.3, 0.4) is 0 Å². The Hall–Kier alpha value is -2.04. The number of halogens is 1. The fraction of sp³-hybridized carbons (Fsp3) is 0.381. The minimum Gasteiger partial charge on any atom is -0.496 e. The van der Waals surface area contributed by atoms with Crippen molar-refractivity contribution < 1.29 is 9.53 Å². The summed E-state index contributed by atoms with van der Waals surface area (Å²) in [6.45, 7) is 0. The van der Waals surface area contributed by atoms with Gasteiger partial charge < -0.3 is 15.8 Å². The second-order valence-corrected chi connectivity index (χ2v) is 6.80. The molecular weight excluding hydrogens is 348 g/mol. The zero-order valence-electron chi connectivity index (χ0n) is 15.1. The van der Waals surface area contributed by atoms with Gasteiger partial charge in [0.25, 0.3) is 0 Å². The highest BCUT2D eigenvalue weighted by molar-refractivity contribution is 5.92. The Morgan fingerprint density at radius 3 is 2.65 bits per heavy atom. The number of rotatable bonds is 5. The standard InChI is InChI=1S/C21H26N2O2.ClH/c1-25-20-11-10-19(14-17(20)12-15-6-3-2-4-7-15)23-21(24)16-8-5-9-18(22)13-16;/h2-4,6-7,10-11,14,16,18H,5,8-9,12-13,22H2,1H3,(H,23,24);1H. The number of ether oxygens (including phenoxy) is 1. The Balaban J connectivity index is 0.00000243. The molecule has 5 heteroatoms. The zero-order chi connectivity index (χ0) is 17.6. The summed E-state index contributed by atoms with van der Waals surface area (Å²) in [4.78, 5) is 12.5. The normalized spacial score (nSPS) is 19.3. The predicted octanol–water partition coefficient (Wildman–Crippen LogP) is 4.16. The molecule has 4 nitrogen and oxygen atoms in total. The molecular formula is C21H27ClN2O2. The van der Waals surface area contributed by atoms with Gasteiger partial charge in [0.15, 0.2) is 0 Å². The lowest BCUT2D eigenvalue weighted by Crippen LogP contribution is -2.34. The molecule has 140 valence electrons. The van der Waals surface area contributed by atoms with Crippen molar-refractivity contribution in [2.24, 2.45) is 11.7 Å². The molecule has 2 atom stereocenters. The van der Waals surface area contributed by atoms with Gasteiger partial charge in [-0.15, -0.1) is 12.4 Å². The van der Waals surface area contributed by atoms with E-state index < -0.39 is 0 Å². The number of hydrogen-bond acceptors (Lipinski definition) is 3. The Kier molecular flexibility index (Phi) is 7.49.